The maximum atomic E-state index is 13.5. The lowest BCUT2D eigenvalue weighted by Crippen LogP contribution is -2.35. The Morgan fingerprint density at radius 1 is 0.967 bits per heavy atom. The lowest BCUT2D eigenvalue weighted by atomic mass is 10.1. The van der Waals surface area contributed by atoms with Crippen LogP contribution >= 0.6 is 0 Å². The number of aliphatic imine (C=N–C) groups is 1. The van der Waals surface area contributed by atoms with Crippen molar-refractivity contribution in [3.8, 4) is 11.5 Å². The van der Waals surface area contributed by atoms with Gasteiger partial charge in [0.15, 0.2) is 29.4 Å². The number of aliphatic hydroxyl groups excluding tert-OH is 1. The molecule has 0 aliphatic carbocycles. The van der Waals surface area contributed by atoms with Crippen molar-refractivity contribution in [1.29, 1.82) is 0 Å². The van der Waals surface area contributed by atoms with Crippen molar-refractivity contribution < 1.29 is 33.8 Å². The molecule has 3 amide bonds. The minimum atomic E-state index is -1.29. The SMILES string of the molecule is C=C1C[C@H]2C=Nc3cc(OCCCC(=O)Nc4cn(C)c(C(O)Nc5cc(C(=O)Nc6cc(C(=O)n7ccc8cc(N)ccc87)n(C)c6)n(C)c5)n4)c(OC)cc3C(=O)N2C1. The van der Waals surface area contributed by atoms with Crippen LogP contribution in [0.4, 0.5) is 28.6 Å². The Morgan fingerprint density at radius 2 is 1.74 bits per heavy atom. The summed E-state index contributed by atoms with van der Waals surface area (Å²) in [5.74, 6) is 0.108. The van der Waals surface area contributed by atoms with E-state index in [1.807, 2.05) is 6.07 Å². The number of imidazole rings is 1. The van der Waals surface area contributed by atoms with E-state index in [-0.39, 0.29) is 54.1 Å². The van der Waals surface area contributed by atoms with E-state index in [9.17, 15) is 24.3 Å². The first-order valence-electron chi connectivity index (χ1n) is 19.5. The first-order valence-corrected chi connectivity index (χ1v) is 19.5. The molecule has 0 saturated carbocycles. The van der Waals surface area contributed by atoms with Crippen molar-refractivity contribution in [3.63, 3.8) is 0 Å². The third-order valence-electron chi connectivity index (χ3n) is 10.6. The van der Waals surface area contributed by atoms with Gasteiger partial charge in [-0.1, -0.05) is 12.2 Å². The number of ether oxygens (including phenoxy) is 2. The van der Waals surface area contributed by atoms with E-state index in [4.69, 9.17) is 15.2 Å². The fourth-order valence-electron chi connectivity index (χ4n) is 7.61. The van der Waals surface area contributed by atoms with Gasteiger partial charge in [-0.2, -0.15) is 0 Å². The van der Waals surface area contributed by atoms with Crippen LogP contribution in [0.3, 0.4) is 0 Å². The summed E-state index contributed by atoms with van der Waals surface area (Å²) in [7, 11) is 6.59. The maximum Gasteiger partial charge on any atom is 0.279 e. The Balaban J connectivity index is 0.835. The minimum absolute atomic E-state index is 0.118. The van der Waals surface area contributed by atoms with E-state index >= 15 is 0 Å². The molecule has 6 aromatic rings. The van der Waals surface area contributed by atoms with Gasteiger partial charge >= 0.3 is 0 Å². The Morgan fingerprint density at radius 3 is 2.54 bits per heavy atom. The fraction of sp³-hybridized carbons (Fsp3) is 0.256. The molecule has 2 aromatic carbocycles. The Kier molecular flexibility index (Phi) is 10.7. The van der Waals surface area contributed by atoms with E-state index in [1.165, 1.54) is 11.7 Å². The minimum Gasteiger partial charge on any atom is -0.493 e. The van der Waals surface area contributed by atoms with E-state index in [0.29, 0.717) is 70.4 Å². The van der Waals surface area contributed by atoms with Crippen molar-refractivity contribution in [2.45, 2.75) is 31.5 Å². The summed E-state index contributed by atoms with van der Waals surface area (Å²) in [6.07, 6.45) is 8.19. The summed E-state index contributed by atoms with van der Waals surface area (Å²) in [6, 6.07) is 13.5. The molecule has 2 aliphatic rings. The molecule has 0 bridgehead atoms. The number of nitrogens with zero attached hydrogens (tertiary/aromatic N) is 7. The topological polar surface area (TPSA) is 217 Å². The highest BCUT2D eigenvalue weighted by atomic mass is 16.5. The summed E-state index contributed by atoms with van der Waals surface area (Å²) in [5.41, 5.74) is 10.6. The highest BCUT2D eigenvalue weighted by molar-refractivity contribution is 6.06. The zero-order valence-corrected chi connectivity index (χ0v) is 34.0. The normalized spacial score (nSPS) is 15.0. The van der Waals surface area contributed by atoms with Crippen LogP contribution in [0.25, 0.3) is 10.9 Å². The Labute approximate surface area is 349 Å². The number of benzene rings is 2. The molecule has 4 aromatic heterocycles. The number of fused-ring (bicyclic) bond motifs is 3. The maximum absolute atomic E-state index is 13.5. The third kappa shape index (κ3) is 8.07. The number of nitrogens with two attached hydrogens (primary N) is 1. The van der Waals surface area contributed by atoms with Crippen molar-refractivity contribution >= 4 is 69.3 Å². The summed E-state index contributed by atoms with van der Waals surface area (Å²) >= 11 is 0. The highest BCUT2D eigenvalue weighted by Crippen LogP contribution is 2.38. The lowest BCUT2D eigenvalue weighted by molar-refractivity contribution is -0.116. The number of anilines is 4. The number of hydrogen-bond donors (Lipinski definition) is 5. The highest BCUT2D eigenvalue weighted by Gasteiger charge is 2.34. The zero-order chi connectivity index (χ0) is 43.1. The number of hydrogen-bond acceptors (Lipinski definition) is 11. The number of aryl methyl sites for hydroxylation is 3. The van der Waals surface area contributed by atoms with Crippen LogP contribution in [-0.2, 0) is 25.9 Å². The first-order chi connectivity index (χ1) is 29.3. The molecule has 8 rings (SSSR count). The molecule has 61 heavy (non-hydrogen) atoms. The van der Waals surface area contributed by atoms with Crippen LogP contribution in [0.15, 0.2) is 90.5 Å². The second-order valence-electron chi connectivity index (χ2n) is 15.1. The molecule has 2 atom stereocenters. The molecule has 0 spiro atoms. The van der Waals surface area contributed by atoms with Crippen molar-refractivity contribution in [2.75, 3.05) is 41.9 Å². The summed E-state index contributed by atoms with van der Waals surface area (Å²) in [6.45, 7) is 4.70. The van der Waals surface area contributed by atoms with Gasteiger partial charge in [-0.3, -0.25) is 28.7 Å². The Hall–Kier alpha value is -7.60. The molecule has 18 nitrogen and oxygen atoms in total. The average Bonchev–Trinajstić information content (AvgIpc) is 4.05. The van der Waals surface area contributed by atoms with Crippen LogP contribution < -0.4 is 31.2 Å². The lowest BCUT2D eigenvalue weighted by Gasteiger charge is -2.20. The van der Waals surface area contributed by atoms with Crippen LogP contribution in [0.2, 0.25) is 0 Å². The zero-order valence-electron chi connectivity index (χ0n) is 34.0. The standard InChI is InChI=1S/C43H45N11O7/c1-24-13-29-19-45-31-18-36(35(60-5)17-30(31)42(58)54(29)20-24)61-12-6-7-38(55)48-37-23-52(4)39(49-37)41(57)47-27-15-33(50(2)21-27)40(56)46-28-16-34(51(3)22-28)43(59)53-11-10-25-14-26(44)8-9-32(25)53/h8-11,14-19,21-23,29,41,47,57H,1,6-7,12-13,20,44H2,2-5H3,(H,46,56)(H,48,55)/t29-,41?/m0/s1. The number of amides is 3. The number of nitrogens with one attached hydrogen (secondary N) is 3. The smallest absolute Gasteiger partial charge is 0.279 e. The van der Waals surface area contributed by atoms with Gasteiger partial charge in [-0.15, -0.1) is 0 Å². The summed E-state index contributed by atoms with van der Waals surface area (Å²) < 4.78 is 17.8. The van der Waals surface area contributed by atoms with Crippen molar-refractivity contribution in [2.24, 2.45) is 26.1 Å². The van der Waals surface area contributed by atoms with Gasteiger partial charge in [-0.05, 0) is 55.3 Å². The number of rotatable bonds is 13. The Bertz CT molecular complexity index is 2770. The van der Waals surface area contributed by atoms with E-state index < -0.39 is 12.1 Å². The molecule has 6 N–H and O–H groups in total. The average molecular weight is 828 g/mol. The number of nitrogen functional groups attached to an aromatic ring is 1. The number of aliphatic hydroxyl groups is 1. The second kappa shape index (κ2) is 16.2. The molecule has 2 aliphatic heterocycles. The first kappa shape index (κ1) is 40.2. The number of carbonyl (C=O) groups is 4. The van der Waals surface area contributed by atoms with Gasteiger partial charge < -0.3 is 54.9 Å². The second-order valence-corrected chi connectivity index (χ2v) is 15.1. The van der Waals surface area contributed by atoms with Crippen LogP contribution in [-0.4, -0.2) is 89.4 Å². The monoisotopic (exact) mass is 827 g/mol. The van der Waals surface area contributed by atoms with E-state index in [2.05, 4.69) is 32.5 Å². The van der Waals surface area contributed by atoms with Crippen LogP contribution in [0, 0.1) is 0 Å². The fourth-order valence-corrected chi connectivity index (χ4v) is 7.61. The number of aromatic nitrogens is 5. The van der Waals surface area contributed by atoms with E-state index in [0.717, 1.165) is 11.0 Å². The van der Waals surface area contributed by atoms with Crippen molar-refractivity contribution in [3.05, 3.63) is 108 Å². The van der Waals surface area contributed by atoms with Gasteiger partial charge in [0.05, 0.1) is 47.9 Å². The molecule has 6 heterocycles. The predicted molar refractivity (Wildman–Crippen MR) is 230 cm³/mol. The van der Waals surface area contributed by atoms with Crippen LogP contribution in [0.1, 0.15) is 62.6 Å². The van der Waals surface area contributed by atoms with Gasteiger partial charge in [0, 0.05) is 82.3 Å². The molecule has 0 radical (unpaired) electrons. The van der Waals surface area contributed by atoms with Gasteiger partial charge in [0.1, 0.15) is 11.4 Å². The summed E-state index contributed by atoms with van der Waals surface area (Å²) in [5, 5.41) is 20.5. The predicted octanol–water partition coefficient (Wildman–Crippen LogP) is 4.97. The number of carbonyl (C=O) groups excluding carboxylic acids is 4. The quantitative estimate of drug-likeness (QED) is 0.0456. The van der Waals surface area contributed by atoms with Gasteiger partial charge in [-0.25, -0.2) is 4.98 Å². The molecule has 18 heteroatoms. The largest absolute Gasteiger partial charge is 0.493 e. The molecule has 1 fully saturated rings. The summed E-state index contributed by atoms with van der Waals surface area (Å²) in [4.78, 5) is 63.7. The third-order valence-corrected chi connectivity index (χ3v) is 10.6. The van der Waals surface area contributed by atoms with Crippen LogP contribution in [0.5, 0.6) is 11.5 Å². The van der Waals surface area contributed by atoms with Crippen molar-refractivity contribution in [1.82, 2.24) is 28.2 Å². The molecular formula is C43H45N11O7. The molecular weight excluding hydrogens is 783 g/mol. The molecule has 1 unspecified atom stereocenters. The van der Waals surface area contributed by atoms with Gasteiger partial charge in [0.2, 0.25) is 5.91 Å². The van der Waals surface area contributed by atoms with E-state index in [1.54, 1.807) is 113 Å². The molecule has 1 saturated heterocycles. The number of methoxy groups -OCH3 is 1. The van der Waals surface area contributed by atoms with Gasteiger partial charge in [0.25, 0.3) is 17.7 Å². The molecule has 314 valence electrons.